The minimum absolute atomic E-state index is 0.162. The van der Waals surface area contributed by atoms with Gasteiger partial charge in [-0.2, -0.15) is 0 Å². The number of aliphatic imine (C=N–C) groups is 1. The molecule has 0 atom stereocenters. The smallest absolute Gasteiger partial charge is 0.168 e. The second-order valence-corrected chi connectivity index (χ2v) is 7.03. The SMILES string of the molecule is COCC1=C(c2cc3c(F)cccc3s2)N2CCN=C2S1. The second kappa shape index (κ2) is 5.12. The molecule has 1 aromatic heterocycles. The minimum atomic E-state index is -0.162. The second-order valence-electron chi connectivity index (χ2n) is 4.89. The van der Waals surface area contributed by atoms with Crippen LogP contribution in [0.1, 0.15) is 4.88 Å². The number of hydrogen-bond acceptors (Lipinski definition) is 5. The van der Waals surface area contributed by atoms with Crippen molar-refractivity contribution in [3.8, 4) is 0 Å². The number of nitrogens with zero attached hydrogens (tertiary/aromatic N) is 2. The highest BCUT2D eigenvalue weighted by atomic mass is 32.2. The third-order valence-corrected chi connectivity index (χ3v) is 5.76. The van der Waals surface area contributed by atoms with E-state index in [4.69, 9.17) is 4.74 Å². The van der Waals surface area contributed by atoms with Gasteiger partial charge in [0, 0.05) is 28.6 Å². The molecule has 0 saturated heterocycles. The lowest BCUT2D eigenvalue weighted by Crippen LogP contribution is -2.19. The molecular formula is C15H13FN2OS2. The number of fused-ring (bicyclic) bond motifs is 2. The first-order valence-electron chi connectivity index (χ1n) is 6.68. The number of hydrogen-bond donors (Lipinski definition) is 0. The van der Waals surface area contributed by atoms with Crippen LogP contribution in [0.3, 0.4) is 0 Å². The predicted octanol–water partition coefficient (Wildman–Crippen LogP) is 3.77. The topological polar surface area (TPSA) is 24.8 Å². The third kappa shape index (κ3) is 2.09. The molecule has 0 aliphatic carbocycles. The molecule has 2 aromatic rings. The summed E-state index contributed by atoms with van der Waals surface area (Å²) in [5, 5.41) is 1.73. The van der Waals surface area contributed by atoms with Gasteiger partial charge in [0.2, 0.25) is 0 Å². The molecule has 0 saturated carbocycles. The molecule has 0 spiro atoms. The fourth-order valence-corrected chi connectivity index (χ4v) is 5.06. The zero-order valence-electron chi connectivity index (χ0n) is 11.4. The van der Waals surface area contributed by atoms with Gasteiger partial charge in [-0.1, -0.05) is 17.8 Å². The highest BCUT2D eigenvalue weighted by molar-refractivity contribution is 8.17. The minimum Gasteiger partial charge on any atom is -0.379 e. The summed E-state index contributed by atoms with van der Waals surface area (Å²) in [4.78, 5) is 8.98. The average molecular weight is 320 g/mol. The van der Waals surface area contributed by atoms with E-state index in [1.165, 1.54) is 6.07 Å². The van der Waals surface area contributed by atoms with E-state index < -0.39 is 0 Å². The molecule has 2 aliphatic rings. The highest BCUT2D eigenvalue weighted by Gasteiger charge is 2.33. The Morgan fingerprint density at radius 2 is 2.33 bits per heavy atom. The Kier molecular flexibility index (Phi) is 3.24. The van der Waals surface area contributed by atoms with Gasteiger partial charge < -0.3 is 9.64 Å². The van der Waals surface area contributed by atoms with Gasteiger partial charge in [-0.05, 0) is 18.2 Å². The fourth-order valence-electron chi connectivity index (χ4n) is 2.67. The molecule has 2 aliphatic heterocycles. The first-order valence-corrected chi connectivity index (χ1v) is 8.31. The van der Waals surface area contributed by atoms with Crippen LogP contribution in [0.5, 0.6) is 0 Å². The standard InChI is InChI=1S/C15H13FN2OS2/c1-19-8-13-14(18-6-5-17-15(18)21-13)12-7-9-10(16)3-2-4-11(9)20-12/h2-4,7H,5-6,8H2,1H3. The van der Waals surface area contributed by atoms with E-state index in [0.29, 0.717) is 12.0 Å². The maximum Gasteiger partial charge on any atom is 0.168 e. The maximum atomic E-state index is 13.9. The molecular weight excluding hydrogens is 307 g/mol. The first-order chi connectivity index (χ1) is 10.3. The molecule has 21 heavy (non-hydrogen) atoms. The van der Waals surface area contributed by atoms with Gasteiger partial charge in [-0.15, -0.1) is 11.3 Å². The van der Waals surface area contributed by atoms with Crippen LogP contribution in [-0.4, -0.2) is 36.9 Å². The summed E-state index contributed by atoms with van der Waals surface area (Å²) in [6.07, 6.45) is 0. The molecule has 6 heteroatoms. The van der Waals surface area contributed by atoms with Crippen molar-refractivity contribution in [1.29, 1.82) is 0 Å². The van der Waals surface area contributed by atoms with Crippen molar-refractivity contribution >= 4 is 44.0 Å². The van der Waals surface area contributed by atoms with Crippen LogP contribution < -0.4 is 0 Å². The van der Waals surface area contributed by atoms with Crippen LogP contribution in [0.25, 0.3) is 15.8 Å². The zero-order valence-corrected chi connectivity index (χ0v) is 13.1. The van der Waals surface area contributed by atoms with Crippen LogP contribution >= 0.6 is 23.1 Å². The van der Waals surface area contributed by atoms with E-state index in [1.807, 2.05) is 12.1 Å². The summed E-state index contributed by atoms with van der Waals surface area (Å²) in [5.74, 6) is -0.162. The normalized spacial score (nSPS) is 17.8. The number of amidine groups is 1. The summed E-state index contributed by atoms with van der Waals surface area (Å²) >= 11 is 3.29. The van der Waals surface area contributed by atoms with Crippen molar-refractivity contribution in [1.82, 2.24) is 4.90 Å². The van der Waals surface area contributed by atoms with Crippen molar-refractivity contribution < 1.29 is 9.13 Å². The van der Waals surface area contributed by atoms with Crippen molar-refractivity contribution in [2.75, 3.05) is 26.8 Å². The summed E-state index contributed by atoms with van der Waals surface area (Å²) < 4.78 is 20.2. The number of thiophene rings is 1. The molecule has 0 fully saturated rings. The Bertz CT molecular complexity index is 781. The Labute approximate surface area is 130 Å². The van der Waals surface area contributed by atoms with Gasteiger partial charge in [0.05, 0.1) is 23.7 Å². The summed E-state index contributed by atoms with van der Waals surface area (Å²) in [6.45, 7) is 2.28. The number of rotatable bonds is 3. The maximum absolute atomic E-state index is 13.9. The quantitative estimate of drug-likeness (QED) is 0.860. The molecule has 4 rings (SSSR count). The lowest BCUT2D eigenvalue weighted by Gasteiger charge is -2.15. The summed E-state index contributed by atoms with van der Waals surface area (Å²) in [5.41, 5.74) is 1.14. The van der Waals surface area contributed by atoms with Crippen LogP contribution in [0.15, 0.2) is 34.2 Å². The zero-order chi connectivity index (χ0) is 14.4. The van der Waals surface area contributed by atoms with Gasteiger partial charge in [-0.3, -0.25) is 4.99 Å². The predicted molar refractivity (Wildman–Crippen MR) is 87.2 cm³/mol. The molecule has 1 aromatic carbocycles. The van der Waals surface area contributed by atoms with Crippen molar-refractivity contribution in [2.24, 2.45) is 4.99 Å². The Morgan fingerprint density at radius 3 is 3.14 bits per heavy atom. The summed E-state index contributed by atoms with van der Waals surface area (Å²) in [6, 6.07) is 7.18. The van der Waals surface area contributed by atoms with E-state index >= 15 is 0 Å². The molecule has 0 amide bonds. The van der Waals surface area contributed by atoms with Crippen molar-refractivity contribution in [2.45, 2.75) is 0 Å². The average Bonchev–Trinajstić information content (AvgIpc) is 3.12. The molecule has 108 valence electrons. The molecule has 0 unspecified atom stereocenters. The number of methoxy groups -OCH3 is 1. The van der Waals surface area contributed by atoms with E-state index in [0.717, 1.165) is 38.4 Å². The van der Waals surface area contributed by atoms with Crippen molar-refractivity contribution in [3.05, 3.63) is 39.9 Å². The van der Waals surface area contributed by atoms with Crippen LogP contribution in [0.2, 0.25) is 0 Å². The van der Waals surface area contributed by atoms with Gasteiger partial charge in [0.25, 0.3) is 0 Å². The lowest BCUT2D eigenvalue weighted by atomic mass is 10.2. The van der Waals surface area contributed by atoms with E-state index in [-0.39, 0.29) is 5.82 Å². The molecule has 3 nitrogen and oxygen atoms in total. The third-order valence-electron chi connectivity index (χ3n) is 3.57. The van der Waals surface area contributed by atoms with Crippen LogP contribution in [0, 0.1) is 5.82 Å². The van der Waals surface area contributed by atoms with E-state index in [9.17, 15) is 4.39 Å². The molecule has 0 radical (unpaired) electrons. The Morgan fingerprint density at radius 1 is 1.43 bits per heavy atom. The largest absolute Gasteiger partial charge is 0.379 e. The molecule has 0 bridgehead atoms. The first kappa shape index (κ1) is 13.3. The van der Waals surface area contributed by atoms with Crippen LogP contribution in [0.4, 0.5) is 4.39 Å². The van der Waals surface area contributed by atoms with E-state index in [1.54, 1.807) is 36.3 Å². The van der Waals surface area contributed by atoms with Gasteiger partial charge in [0.1, 0.15) is 5.82 Å². The van der Waals surface area contributed by atoms with Gasteiger partial charge in [0.15, 0.2) is 5.17 Å². The number of thioether (sulfide) groups is 1. The summed E-state index contributed by atoms with van der Waals surface area (Å²) in [7, 11) is 1.70. The van der Waals surface area contributed by atoms with Crippen LogP contribution in [-0.2, 0) is 4.74 Å². The van der Waals surface area contributed by atoms with Gasteiger partial charge in [-0.25, -0.2) is 4.39 Å². The molecule has 3 heterocycles. The number of ether oxygens (including phenoxy) is 1. The monoisotopic (exact) mass is 320 g/mol. The highest BCUT2D eigenvalue weighted by Crippen LogP contribution is 2.44. The van der Waals surface area contributed by atoms with Gasteiger partial charge >= 0.3 is 0 Å². The van der Waals surface area contributed by atoms with E-state index in [2.05, 4.69) is 9.89 Å². The number of halogens is 1. The fraction of sp³-hybridized carbons (Fsp3) is 0.267. The Hall–Kier alpha value is -1.37. The van der Waals surface area contributed by atoms with Crippen molar-refractivity contribution in [3.63, 3.8) is 0 Å². The molecule has 0 N–H and O–H groups in total. The lowest BCUT2D eigenvalue weighted by molar-refractivity contribution is 0.231. The Balaban J connectivity index is 1.86. The number of benzene rings is 1.